The van der Waals surface area contributed by atoms with Crippen molar-refractivity contribution >= 4 is 32.6 Å². The lowest BCUT2D eigenvalue weighted by Gasteiger charge is -2.35. The van der Waals surface area contributed by atoms with Crippen LogP contribution in [0.4, 0.5) is 0 Å². The molecule has 0 atom stereocenters. The predicted molar refractivity (Wildman–Crippen MR) is 193 cm³/mol. The molecule has 7 aromatic rings. The summed E-state index contributed by atoms with van der Waals surface area (Å²) >= 11 is 0. The first kappa shape index (κ1) is 29.5. The first-order chi connectivity index (χ1) is 21.4. The van der Waals surface area contributed by atoms with Crippen LogP contribution >= 0.6 is 0 Å². The summed E-state index contributed by atoms with van der Waals surface area (Å²) in [4.78, 5) is 0. The second-order valence-corrected chi connectivity index (χ2v) is 12.4. The third-order valence-electron chi connectivity index (χ3n) is 8.58. The standard InChI is InChI=1S/C37H27N.2C3H8/c1-37(2)32-18-9-17-31-30-15-5-6-19-34(30)38(36(31)32)35-21-20-26(23-33(35)37)25-12-7-13-27(22-25)29-16-8-11-24-10-3-4-14-28(24)29;2*1-3-2/h3-23H,1-2H3;2*3H2,1-2H3. The summed E-state index contributed by atoms with van der Waals surface area (Å²) in [6, 6.07) is 46.9. The number of aromatic nitrogens is 1. The van der Waals surface area contributed by atoms with Crippen molar-refractivity contribution in [2.45, 2.75) is 59.8 Å². The van der Waals surface area contributed by atoms with Crippen LogP contribution in [-0.2, 0) is 5.41 Å². The molecule has 1 aliphatic rings. The van der Waals surface area contributed by atoms with E-state index in [1.165, 1.54) is 84.5 Å². The average molecular weight is 574 g/mol. The van der Waals surface area contributed by atoms with Gasteiger partial charge in [-0.05, 0) is 68.4 Å². The molecule has 1 nitrogen and oxygen atoms in total. The molecular weight excluding hydrogens is 530 g/mol. The van der Waals surface area contributed by atoms with Crippen LogP contribution in [0.3, 0.4) is 0 Å². The van der Waals surface area contributed by atoms with Crippen LogP contribution in [0.15, 0.2) is 127 Å². The van der Waals surface area contributed by atoms with E-state index in [0.717, 1.165) is 0 Å². The van der Waals surface area contributed by atoms with Crippen LogP contribution in [-0.4, -0.2) is 4.57 Å². The fourth-order valence-electron chi connectivity index (χ4n) is 6.67. The molecule has 0 saturated heterocycles. The van der Waals surface area contributed by atoms with E-state index in [1.807, 2.05) is 0 Å². The summed E-state index contributed by atoms with van der Waals surface area (Å²) in [6.45, 7) is 13.2. The molecule has 220 valence electrons. The van der Waals surface area contributed by atoms with Crippen molar-refractivity contribution in [2.24, 2.45) is 0 Å². The van der Waals surface area contributed by atoms with Gasteiger partial charge in [-0.25, -0.2) is 0 Å². The number of hydrogen-bond donors (Lipinski definition) is 0. The van der Waals surface area contributed by atoms with Crippen molar-refractivity contribution in [3.63, 3.8) is 0 Å². The Kier molecular flexibility index (Phi) is 8.15. The third-order valence-corrected chi connectivity index (χ3v) is 8.58. The highest BCUT2D eigenvalue weighted by Gasteiger charge is 2.35. The summed E-state index contributed by atoms with van der Waals surface area (Å²) in [7, 11) is 0. The van der Waals surface area contributed by atoms with Crippen molar-refractivity contribution in [3.05, 3.63) is 139 Å². The lowest BCUT2D eigenvalue weighted by molar-refractivity contribution is 0.630. The maximum Gasteiger partial charge on any atom is 0.0582 e. The molecule has 0 N–H and O–H groups in total. The Morgan fingerprint density at radius 1 is 0.500 bits per heavy atom. The molecule has 44 heavy (non-hydrogen) atoms. The molecule has 0 radical (unpaired) electrons. The van der Waals surface area contributed by atoms with E-state index in [4.69, 9.17) is 0 Å². The highest BCUT2D eigenvalue weighted by Crippen LogP contribution is 2.48. The predicted octanol–water partition coefficient (Wildman–Crippen LogP) is 12.7. The Labute approximate surface area is 262 Å². The Morgan fingerprint density at radius 2 is 1.09 bits per heavy atom. The molecule has 0 aliphatic carbocycles. The monoisotopic (exact) mass is 573 g/mol. The van der Waals surface area contributed by atoms with Gasteiger partial charge < -0.3 is 4.57 Å². The maximum absolute atomic E-state index is 2.48. The fraction of sp³-hybridized carbons (Fsp3) is 0.209. The van der Waals surface area contributed by atoms with Gasteiger partial charge in [-0.1, -0.05) is 158 Å². The molecule has 8 rings (SSSR count). The van der Waals surface area contributed by atoms with E-state index in [9.17, 15) is 0 Å². The molecule has 1 aliphatic heterocycles. The number of para-hydroxylation sites is 2. The SMILES string of the molecule is CC1(C)c2cc(-c3cccc(-c4cccc5ccccc45)c3)ccc2-n2c3ccccc3c3cccc1c32.CCC.CCC. The van der Waals surface area contributed by atoms with Gasteiger partial charge in [0.25, 0.3) is 0 Å². The number of nitrogens with zero attached hydrogens (tertiary/aromatic N) is 1. The Morgan fingerprint density at radius 3 is 1.89 bits per heavy atom. The summed E-state index contributed by atoms with van der Waals surface area (Å²) in [5.41, 5.74) is 11.6. The van der Waals surface area contributed by atoms with E-state index >= 15 is 0 Å². The van der Waals surface area contributed by atoms with Crippen LogP contribution in [0, 0.1) is 0 Å². The summed E-state index contributed by atoms with van der Waals surface area (Å²) in [5.74, 6) is 0. The minimum absolute atomic E-state index is 0.109. The maximum atomic E-state index is 2.48. The summed E-state index contributed by atoms with van der Waals surface area (Å²) in [5, 5.41) is 5.22. The van der Waals surface area contributed by atoms with Crippen LogP contribution < -0.4 is 0 Å². The zero-order valence-corrected chi connectivity index (χ0v) is 27.0. The second-order valence-electron chi connectivity index (χ2n) is 12.4. The first-order valence-electron chi connectivity index (χ1n) is 16.2. The molecule has 6 aromatic carbocycles. The fourth-order valence-corrected chi connectivity index (χ4v) is 6.67. The second kappa shape index (κ2) is 12.2. The highest BCUT2D eigenvalue weighted by atomic mass is 15.0. The lowest BCUT2D eigenvalue weighted by atomic mass is 9.74. The van der Waals surface area contributed by atoms with Gasteiger partial charge in [-0.15, -0.1) is 0 Å². The van der Waals surface area contributed by atoms with Gasteiger partial charge in [0.15, 0.2) is 0 Å². The number of fused-ring (bicyclic) bond motifs is 6. The molecule has 0 bridgehead atoms. The van der Waals surface area contributed by atoms with Crippen molar-refractivity contribution in [2.75, 3.05) is 0 Å². The van der Waals surface area contributed by atoms with E-state index in [0.29, 0.717) is 0 Å². The molecule has 1 heteroatoms. The van der Waals surface area contributed by atoms with Crippen LogP contribution in [0.1, 0.15) is 65.5 Å². The summed E-state index contributed by atoms with van der Waals surface area (Å²) < 4.78 is 2.48. The van der Waals surface area contributed by atoms with Gasteiger partial charge in [-0.3, -0.25) is 0 Å². The van der Waals surface area contributed by atoms with E-state index < -0.39 is 0 Å². The van der Waals surface area contributed by atoms with Gasteiger partial charge in [0, 0.05) is 16.2 Å². The minimum atomic E-state index is -0.109. The zero-order chi connectivity index (χ0) is 30.8. The highest BCUT2D eigenvalue weighted by molar-refractivity contribution is 6.11. The third kappa shape index (κ3) is 4.91. The molecule has 0 saturated carbocycles. The molecule has 0 unspecified atom stereocenters. The molecular formula is C43H43N. The number of benzene rings is 6. The van der Waals surface area contributed by atoms with Crippen molar-refractivity contribution in [1.82, 2.24) is 4.57 Å². The molecule has 0 fully saturated rings. The van der Waals surface area contributed by atoms with Gasteiger partial charge >= 0.3 is 0 Å². The lowest BCUT2D eigenvalue weighted by Crippen LogP contribution is -2.26. The van der Waals surface area contributed by atoms with Crippen LogP contribution in [0.2, 0.25) is 0 Å². The minimum Gasteiger partial charge on any atom is -0.309 e. The normalized spacial score (nSPS) is 12.7. The van der Waals surface area contributed by atoms with Gasteiger partial charge in [0.05, 0.1) is 16.7 Å². The molecule has 0 spiro atoms. The Balaban J connectivity index is 0.000000532. The van der Waals surface area contributed by atoms with Crippen LogP contribution in [0.5, 0.6) is 0 Å². The van der Waals surface area contributed by atoms with Gasteiger partial charge in [-0.2, -0.15) is 0 Å². The molecule has 0 amide bonds. The Bertz CT molecular complexity index is 2080. The molecule has 2 heterocycles. The number of rotatable bonds is 2. The van der Waals surface area contributed by atoms with Gasteiger partial charge in [0.2, 0.25) is 0 Å². The first-order valence-corrected chi connectivity index (χ1v) is 16.2. The largest absolute Gasteiger partial charge is 0.309 e. The van der Waals surface area contributed by atoms with E-state index in [-0.39, 0.29) is 5.41 Å². The summed E-state index contributed by atoms with van der Waals surface area (Å²) in [6.07, 6.45) is 2.50. The Hall–Kier alpha value is -4.62. The smallest absolute Gasteiger partial charge is 0.0582 e. The zero-order valence-electron chi connectivity index (χ0n) is 27.0. The van der Waals surface area contributed by atoms with Crippen LogP contribution in [0.25, 0.3) is 60.5 Å². The van der Waals surface area contributed by atoms with Crippen molar-refractivity contribution < 1.29 is 0 Å². The van der Waals surface area contributed by atoms with E-state index in [1.54, 1.807) is 0 Å². The quantitative estimate of drug-likeness (QED) is 0.194. The van der Waals surface area contributed by atoms with E-state index in [2.05, 4.69) is 174 Å². The topological polar surface area (TPSA) is 4.93 Å². The average Bonchev–Trinajstić information content (AvgIpc) is 3.39. The van der Waals surface area contributed by atoms with Crippen molar-refractivity contribution in [1.29, 1.82) is 0 Å². The van der Waals surface area contributed by atoms with Gasteiger partial charge in [0.1, 0.15) is 0 Å². The molecule has 1 aromatic heterocycles. The van der Waals surface area contributed by atoms with Crippen molar-refractivity contribution in [3.8, 4) is 27.9 Å². The number of hydrogen-bond acceptors (Lipinski definition) is 0.